The third-order valence-corrected chi connectivity index (χ3v) is 8.59. The molecule has 3 aromatic carbocycles. The SMILES string of the molecule is CCC(CC)(c1ccc(C(CC)(CC)c2c(O)cc(CO)cc2CO)cc1)c1c(O)cc(CO)cc1CO. The fourth-order valence-electron chi connectivity index (χ4n) is 6.46. The van der Waals surface area contributed by atoms with E-state index in [1.807, 2.05) is 0 Å². The number of aromatic hydroxyl groups is 2. The summed E-state index contributed by atoms with van der Waals surface area (Å²) < 4.78 is 0. The van der Waals surface area contributed by atoms with Crippen molar-refractivity contribution >= 4 is 0 Å². The highest BCUT2D eigenvalue weighted by atomic mass is 16.3. The molecule has 0 saturated carbocycles. The zero-order chi connectivity index (χ0) is 28.1. The largest absolute Gasteiger partial charge is 0.508 e. The van der Waals surface area contributed by atoms with Crippen molar-refractivity contribution in [3.63, 3.8) is 0 Å². The minimum absolute atomic E-state index is 0.0614. The Bertz CT molecular complexity index is 1130. The van der Waals surface area contributed by atoms with E-state index in [1.165, 1.54) is 0 Å². The lowest BCUT2D eigenvalue weighted by Crippen LogP contribution is -2.30. The molecular weight excluding hydrogens is 480 g/mol. The van der Waals surface area contributed by atoms with Gasteiger partial charge in [-0.3, -0.25) is 0 Å². The second-order valence-electron chi connectivity index (χ2n) is 10.1. The third kappa shape index (κ3) is 4.94. The second-order valence-corrected chi connectivity index (χ2v) is 10.1. The molecule has 6 nitrogen and oxygen atoms in total. The Labute approximate surface area is 225 Å². The normalized spacial score (nSPS) is 12.2. The molecule has 6 N–H and O–H groups in total. The van der Waals surface area contributed by atoms with Crippen LogP contribution < -0.4 is 0 Å². The summed E-state index contributed by atoms with van der Waals surface area (Å²) >= 11 is 0. The number of benzene rings is 3. The molecule has 0 aliphatic rings. The van der Waals surface area contributed by atoms with E-state index in [4.69, 9.17) is 0 Å². The van der Waals surface area contributed by atoms with Crippen molar-refractivity contribution in [1.29, 1.82) is 0 Å². The van der Waals surface area contributed by atoms with Crippen LogP contribution in [0.15, 0.2) is 48.5 Å². The van der Waals surface area contributed by atoms with Crippen molar-refractivity contribution in [2.75, 3.05) is 0 Å². The van der Waals surface area contributed by atoms with Gasteiger partial charge in [-0.25, -0.2) is 0 Å². The first kappa shape index (κ1) is 29.7. The lowest BCUT2D eigenvalue weighted by molar-refractivity contribution is 0.269. The number of aliphatic hydroxyl groups is 4. The first-order valence-electron chi connectivity index (χ1n) is 13.5. The standard InChI is InChI=1S/C32H42O6/c1-5-31(6-2,29-23(19-35)13-21(17-33)15-27(29)37)25-9-11-26(12-10-25)32(7-3,8-4)30-24(20-36)14-22(18-34)16-28(30)38/h9-16,33-38H,5-8,17-20H2,1-4H3. The number of hydrogen-bond donors (Lipinski definition) is 6. The fraction of sp³-hybridized carbons (Fsp3) is 0.438. The molecule has 0 spiro atoms. The van der Waals surface area contributed by atoms with Gasteiger partial charge in [-0.05, 0) is 71.2 Å². The smallest absolute Gasteiger partial charge is 0.120 e. The predicted molar refractivity (Wildman–Crippen MR) is 149 cm³/mol. The molecule has 0 fully saturated rings. The van der Waals surface area contributed by atoms with Gasteiger partial charge < -0.3 is 30.6 Å². The van der Waals surface area contributed by atoms with Crippen LogP contribution in [0.1, 0.15) is 97.9 Å². The Hall–Kier alpha value is -2.90. The lowest BCUT2D eigenvalue weighted by atomic mass is 9.66. The summed E-state index contributed by atoms with van der Waals surface area (Å²) in [4.78, 5) is 0. The number of hydrogen-bond acceptors (Lipinski definition) is 6. The van der Waals surface area contributed by atoms with Gasteiger partial charge in [-0.1, -0.05) is 64.1 Å². The van der Waals surface area contributed by atoms with Gasteiger partial charge in [-0.2, -0.15) is 0 Å². The molecule has 0 aromatic heterocycles. The average molecular weight is 523 g/mol. The van der Waals surface area contributed by atoms with Gasteiger partial charge in [-0.15, -0.1) is 0 Å². The topological polar surface area (TPSA) is 121 Å². The Morgan fingerprint density at radius 1 is 0.500 bits per heavy atom. The van der Waals surface area contributed by atoms with Crippen LogP contribution in [-0.4, -0.2) is 30.6 Å². The molecule has 6 heteroatoms. The predicted octanol–water partition coefficient (Wildman–Crippen LogP) is 5.28. The van der Waals surface area contributed by atoms with E-state index < -0.39 is 10.8 Å². The van der Waals surface area contributed by atoms with Gasteiger partial charge >= 0.3 is 0 Å². The maximum absolute atomic E-state index is 11.0. The summed E-state index contributed by atoms with van der Waals surface area (Å²) in [6.07, 6.45) is 2.75. The van der Waals surface area contributed by atoms with Gasteiger partial charge in [0, 0.05) is 22.0 Å². The maximum atomic E-state index is 11.0. The highest BCUT2D eigenvalue weighted by Crippen LogP contribution is 2.48. The van der Waals surface area contributed by atoms with Gasteiger partial charge in [0.15, 0.2) is 0 Å². The fourth-order valence-corrected chi connectivity index (χ4v) is 6.46. The number of aliphatic hydroxyl groups excluding tert-OH is 4. The Morgan fingerprint density at radius 2 is 0.816 bits per heavy atom. The molecule has 0 bridgehead atoms. The van der Waals surface area contributed by atoms with Crippen molar-refractivity contribution in [3.05, 3.63) is 93.0 Å². The summed E-state index contributed by atoms with van der Waals surface area (Å²) in [5.41, 5.74) is 4.52. The van der Waals surface area contributed by atoms with Crippen LogP contribution in [0.4, 0.5) is 0 Å². The highest BCUT2D eigenvalue weighted by Gasteiger charge is 2.38. The third-order valence-electron chi connectivity index (χ3n) is 8.59. The summed E-state index contributed by atoms with van der Waals surface area (Å²) in [5.74, 6) is 0.123. The van der Waals surface area contributed by atoms with Crippen molar-refractivity contribution in [2.45, 2.75) is 90.6 Å². The van der Waals surface area contributed by atoms with Gasteiger partial charge in [0.1, 0.15) is 11.5 Å². The van der Waals surface area contributed by atoms with Crippen LogP contribution >= 0.6 is 0 Å². The highest BCUT2D eigenvalue weighted by molar-refractivity contribution is 5.56. The lowest BCUT2D eigenvalue weighted by Gasteiger charge is -2.38. The van der Waals surface area contributed by atoms with Gasteiger partial charge in [0.2, 0.25) is 0 Å². The summed E-state index contributed by atoms with van der Waals surface area (Å²) in [6, 6.07) is 14.9. The molecule has 0 heterocycles. The molecule has 3 rings (SSSR count). The van der Waals surface area contributed by atoms with E-state index in [1.54, 1.807) is 24.3 Å². The van der Waals surface area contributed by atoms with E-state index in [9.17, 15) is 30.6 Å². The van der Waals surface area contributed by atoms with Crippen LogP contribution in [0.3, 0.4) is 0 Å². The van der Waals surface area contributed by atoms with Crippen molar-refractivity contribution in [2.24, 2.45) is 0 Å². The zero-order valence-corrected chi connectivity index (χ0v) is 23.0. The molecular formula is C32H42O6. The molecule has 0 saturated heterocycles. The van der Waals surface area contributed by atoms with Crippen LogP contribution in [0.25, 0.3) is 0 Å². The van der Waals surface area contributed by atoms with Crippen LogP contribution in [0, 0.1) is 0 Å². The zero-order valence-electron chi connectivity index (χ0n) is 23.0. The summed E-state index contributed by atoms with van der Waals surface area (Å²) in [5, 5.41) is 61.6. The number of phenolic OH excluding ortho intramolecular Hbond substituents is 2. The van der Waals surface area contributed by atoms with E-state index in [0.29, 0.717) is 59.1 Å². The molecule has 3 aromatic rings. The van der Waals surface area contributed by atoms with Crippen molar-refractivity contribution in [1.82, 2.24) is 0 Å². The number of rotatable bonds is 12. The Kier molecular flexibility index (Phi) is 9.60. The molecule has 0 unspecified atom stereocenters. The molecule has 206 valence electrons. The Morgan fingerprint density at radius 3 is 1.05 bits per heavy atom. The molecule has 38 heavy (non-hydrogen) atoms. The second kappa shape index (κ2) is 12.3. The number of phenols is 2. The van der Waals surface area contributed by atoms with Crippen molar-refractivity contribution in [3.8, 4) is 11.5 Å². The minimum atomic E-state index is -0.559. The molecule has 0 atom stereocenters. The molecule has 0 amide bonds. The average Bonchev–Trinajstić information content (AvgIpc) is 2.96. The van der Waals surface area contributed by atoms with Crippen LogP contribution in [0.2, 0.25) is 0 Å². The first-order chi connectivity index (χ1) is 18.2. The van der Waals surface area contributed by atoms with Gasteiger partial charge in [0.25, 0.3) is 0 Å². The maximum Gasteiger partial charge on any atom is 0.120 e. The first-order valence-corrected chi connectivity index (χ1v) is 13.5. The monoisotopic (exact) mass is 522 g/mol. The van der Waals surface area contributed by atoms with E-state index in [0.717, 1.165) is 11.1 Å². The van der Waals surface area contributed by atoms with E-state index in [2.05, 4.69) is 52.0 Å². The minimum Gasteiger partial charge on any atom is -0.508 e. The van der Waals surface area contributed by atoms with Crippen molar-refractivity contribution < 1.29 is 30.6 Å². The molecule has 0 radical (unpaired) electrons. The molecule has 0 aliphatic carbocycles. The quantitative estimate of drug-likeness (QED) is 0.193. The van der Waals surface area contributed by atoms with E-state index in [-0.39, 0.29) is 37.9 Å². The Balaban J connectivity index is 2.22. The summed E-state index contributed by atoms with van der Waals surface area (Å²) in [6.45, 7) is 7.31. The van der Waals surface area contributed by atoms with Gasteiger partial charge in [0.05, 0.1) is 26.4 Å². The van der Waals surface area contributed by atoms with E-state index >= 15 is 0 Å². The van der Waals surface area contributed by atoms with Crippen LogP contribution in [0.5, 0.6) is 11.5 Å². The molecule has 0 aliphatic heterocycles. The van der Waals surface area contributed by atoms with Crippen LogP contribution in [-0.2, 0) is 37.3 Å². The summed E-state index contributed by atoms with van der Waals surface area (Å²) in [7, 11) is 0.